The fraction of sp³-hybridized carbons (Fsp3) is 0.611. The number of ether oxygens (including phenoxy) is 1. The van der Waals surface area contributed by atoms with Gasteiger partial charge in [0, 0.05) is 12.1 Å². The van der Waals surface area contributed by atoms with Crippen LogP contribution in [-0.4, -0.2) is 30.0 Å². The molecule has 1 saturated carbocycles. The Bertz CT molecular complexity index is 635. The summed E-state index contributed by atoms with van der Waals surface area (Å²) < 4.78 is 5.16. The van der Waals surface area contributed by atoms with Crippen molar-refractivity contribution in [2.45, 2.75) is 52.1 Å². The fourth-order valence-corrected chi connectivity index (χ4v) is 3.35. The van der Waals surface area contributed by atoms with Crippen LogP contribution in [0.5, 0.6) is 5.75 Å². The number of non-ortho nitro benzene ring substituents is 1. The van der Waals surface area contributed by atoms with Crippen molar-refractivity contribution < 1.29 is 14.5 Å². The van der Waals surface area contributed by atoms with Crippen LogP contribution in [0.25, 0.3) is 0 Å². The van der Waals surface area contributed by atoms with Crippen LogP contribution in [0.15, 0.2) is 18.2 Å². The third-order valence-corrected chi connectivity index (χ3v) is 5.22. The van der Waals surface area contributed by atoms with Crippen LogP contribution in [0.1, 0.15) is 40.0 Å². The van der Waals surface area contributed by atoms with Crippen LogP contribution in [0.2, 0.25) is 0 Å². The van der Waals surface area contributed by atoms with Crippen molar-refractivity contribution in [1.82, 2.24) is 5.32 Å². The van der Waals surface area contributed by atoms with Crippen LogP contribution in [0, 0.1) is 22.0 Å². The highest BCUT2D eigenvalue weighted by Crippen LogP contribution is 2.31. The van der Waals surface area contributed by atoms with Gasteiger partial charge in [0.25, 0.3) is 5.69 Å². The molecule has 2 rings (SSSR count). The Morgan fingerprint density at radius 1 is 1.36 bits per heavy atom. The SMILES string of the molecule is COc1cc([N+](=O)[O-])ccc1NC(=O)[C@H](C)N[C@@H]1CCC[C@@H](C)[C@H]1C. The van der Waals surface area contributed by atoms with E-state index < -0.39 is 4.92 Å². The maximum Gasteiger partial charge on any atom is 0.273 e. The number of anilines is 1. The molecule has 0 heterocycles. The summed E-state index contributed by atoms with van der Waals surface area (Å²) in [4.78, 5) is 22.8. The molecule has 0 unspecified atom stereocenters. The van der Waals surface area contributed by atoms with E-state index >= 15 is 0 Å². The van der Waals surface area contributed by atoms with Gasteiger partial charge < -0.3 is 15.4 Å². The van der Waals surface area contributed by atoms with E-state index in [-0.39, 0.29) is 23.4 Å². The van der Waals surface area contributed by atoms with Gasteiger partial charge in [-0.15, -0.1) is 0 Å². The maximum atomic E-state index is 12.5. The average Bonchev–Trinajstić information content (AvgIpc) is 2.58. The number of nitro benzene ring substituents is 1. The van der Waals surface area contributed by atoms with Crippen molar-refractivity contribution in [1.29, 1.82) is 0 Å². The van der Waals surface area contributed by atoms with E-state index in [9.17, 15) is 14.9 Å². The standard InChI is InChI=1S/C18H27N3O4/c1-11-6-5-7-15(12(11)2)19-13(3)18(22)20-16-9-8-14(21(23)24)10-17(16)25-4/h8-13,15,19H,5-7H2,1-4H3,(H,20,22)/t11-,12-,13+,15-/m1/s1. The third-order valence-electron chi connectivity index (χ3n) is 5.22. The van der Waals surface area contributed by atoms with Crippen LogP contribution >= 0.6 is 0 Å². The first-order valence-corrected chi connectivity index (χ1v) is 8.72. The summed E-state index contributed by atoms with van der Waals surface area (Å²) in [5, 5.41) is 17.1. The smallest absolute Gasteiger partial charge is 0.273 e. The molecule has 1 amide bonds. The largest absolute Gasteiger partial charge is 0.494 e. The summed E-state index contributed by atoms with van der Waals surface area (Å²) in [6, 6.07) is 4.10. The van der Waals surface area contributed by atoms with Gasteiger partial charge in [-0.1, -0.05) is 26.7 Å². The summed E-state index contributed by atoms with van der Waals surface area (Å²) in [6.07, 6.45) is 3.48. The number of amides is 1. The summed E-state index contributed by atoms with van der Waals surface area (Å²) in [7, 11) is 1.42. The molecule has 1 aromatic rings. The van der Waals surface area contributed by atoms with Crippen molar-refractivity contribution in [2.24, 2.45) is 11.8 Å². The van der Waals surface area contributed by atoms with E-state index in [0.29, 0.717) is 23.6 Å². The molecule has 0 bridgehead atoms. The van der Waals surface area contributed by atoms with Gasteiger partial charge in [-0.3, -0.25) is 14.9 Å². The Labute approximate surface area is 148 Å². The van der Waals surface area contributed by atoms with Gasteiger partial charge in [-0.25, -0.2) is 0 Å². The third kappa shape index (κ3) is 4.69. The second-order valence-electron chi connectivity index (χ2n) is 6.89. The van der Waals surface area contributed by atoms with E-state index in [1.165, 1.54) is 38.2 Å². The lowest BCUT2D eigenvalue weighted by Crippen LogP contribution is -2.49. The Hall–Kier alpha value is -2.15. The van der Waals surface area contributed by atoms with E-state index in [4.69, 9.17) is 4.74 Å². The highest BCUT2D eigenvalue weighted by molar-refractivity contribution is 5.96. The van der Waals surface area contributed by atoms with Crippen molar-refractivity contribution in [3.05, 3.63) is 28.3 Å². The molecule has 0 aromatic heterocycles. The number of nitro groups is 1. The molecule has 25 heavy (non-hydrogen) atoms. The van der Waals surface area contributed by atoms with Crippen LogP contribution in [-0.2, 0) is 4.79 Å². The first-order valence-electron chi connectivity index (χ1n) is 8.72. The molecule has 0 spiro atoms. The van der Waals surface area contributed by atoms with Gasteiger partial charge in [-0.2, -0.15) is 0 Å². The predicted molar refractivity (Wildman–Crippen MR) is 96.8 cm³/mol. The number of carbonyl (C=O) groups excluding carboxylic acids is 1. The Balaban J connectivity index is 2.02. The minimum Gasteiger partial charge on any atom is -0.494 e. The van der Waals surface area contributed by atoms with Crippen molar-refractivity contribution >= 4 is 17.3 Å². The molecule has 1 aliphatic carbocycles. The number of hydrogen-bond acceptors (Lipinski definition) is 5. The van der Waals surface area contributed by atoms with E-state index in [1.807, 2.05) is 6.92 Å². The van der Waals surface area contributed by atoms with Crippen LogP contribution < -0.4 is 15.4 Å². The number of nitrogens with one attached hydrogen (secondary N) is 2. The number of benzene rings is 1. The molecule has 7 heteroatoms. The molecule has 0 saturated heterocycles. The topological polar surface area (TPSA) is 93.5 Å². The predicted octanol–water partition coefficient (Wildman–Crippen LogP) is 3.34. The zero-order valence-electron chi connectivity index (χ0n) is 15.2. The Morgan fingerprint density at radius 3 is 2.72 bits per heavy atom. The molecule has 2 N–H and O–H groups in total. The summed E-state index contributed by atoms with van der Waals surface area (Å²) >= 11 is 0. The van der Waals surface area contributed by atoms with Gasteiger partial charge in [0.15, 0.2) is 0 Å². The summed E-state index contributed by atoms with van der Waals surface area (Å²) in [5.74, 6) is 1.26. The fourth-order valence-electron chi connectivity index (χ4n) is 3.35. The average molecular weight is 349 g/mol. The molecule has 0 radical (unpaired) electrons. The van der Waals surface area contributed by atoms with Crippen molar-refractivity contribution in [2.75, 3.05) is 12.4 Å². The number of nitrogens with zero attached hydrogens (tertiary/aromatic N) is 1. The van der Waals surface area contributed by atoms with Gasteiger partial charge in [0.2, 0.25) is 5.91 Å². The molecule has 138 valence electrons. The highest BCUT2D eigenvalue weighted by atomic mass is 16.6. The first-order chi connectivity index (χ1) is 11.8. The number of carbonyl (C=O) groups is 1. The van der Waals surface area contributed by atoms with E-state index in [0.717, 1.165) is 6.42 Å². The van der Waals surface area contributed by atoms with Crippen molar-refractivity contribution in [3.63, 3.8) is 0 Å². The number of methoxy groups -OCH3 is 1. The minimum atomic E-state index is -0.496. The second-order valence-corrected chi connectivity index (χ2v) is 6.89. The van der Waals surface area contributed by atoms with Crippen LogP contribution in [0.4, 0.5) is 11.4 Å². The maximum absolute atomic E-state index is 12.5. The zero-order valence-corrected chi connectivity index (χ0v) is 15.2. The van der Waals surface area contributed by atoms with Gasteiger partial charge in [0.05, 0.1) is 29.8 Å². The second kappa shape index (κ2) is 8.29. The van der Waals surface area contributed by atoms with Gasteiger partial charge >= 0.3 is 0 Å². The Kier molecular flexibility index (Phi) is 6.36. The summed E-state index contributed by atoms with van der Waals surface area (Å²) in [6.45, 7) is 6.32. The van der Waals surface area contributed by atoms with Gasteiger partial charge in [0.1, 0.15) is 5.75 Å². The molecular weight excluding hydrogens is 322 g/mol. The minimum absolute atomic E-state index is 0.0777. The lowest BCUT2D eigenvalue weighted by atomic mass is 9.78. The summed E-state index contributed by atoms with van der Waals surface area (Å²) in [5.41, 5.74) is 0.350. The number of rotatable bonds is 6. The number of hydrogen-bond donors (Lipinski definition) is 2. The lowest BCUT2D eigenvalue weighted by Gasteiger charge is -2.36. The lowest BCUT2D eigenvalue weighted by molar-refractivity contribution is -0.384. The zero-order chi connectivity index (χ0) is 18.6. The van der Waals surface area contributed by atoms with E-state index in [1.54, 1.807) is 0 Å². The molecular formula is C18H27N3O4. The van der Waals surface area contributed by atoms with Crippen LogP contribution in [0.3, 0.4) is 0 Å². The van der Waals surface area contributed by atoms with Gasteiger partial charge in [-0.05, 0) is 31.2 Å². The monoisotopic (exact) mass is 349 g/mol. The molecule has 1 fully saturated rings. The van der Waals surface area contributed by atoms with E-state index in [2.05, 4.69) is 24.5 Å². The van der Waals surface area contributed by atoms with Crippen molar-refractivity contribution in [3.8, 4) is 5.75 Å². The quantitative estimate of drug-likeness (QED) is 0.607. The molecule has 4 atom stereocenters. The molecule has 1 aliphatic rings. The highest BCUT2D eigenvalue weighted by Gasteiger charge is 2.29. The normalized spacial score (nSPS) is 24.4. The first kappa shape index (κ1) is 19.2. The Morgan fingerprint density at radius 2 is 2.08 bits per heavy atom. The molecule has 7 nitrogen and oxygen atoms in total. The molecule has 1 aromatic carbocycles. The molecule has 0 aliphatic heterocycles.